The maximum absolute atomic E-state index is 11.8. The largest absolute Gasteiger partial charge is 0.482 e. The van der Waals surface area contributed by atoms with Crippen LogP contribution in [-0.4, -0.2) is 18.2 Å². The lowest BCUT2D eigenvalue weighted by atomic mass is 9.81. The molecule has 0 bridgehead atoms. The van der Waals surface area contributed by atoms with Crippen LogP contribution in [-0.2, 0) is 4.79 Å². The van der Waals surface area contributed by atoms with Crippen LogP contribution in [0.2, 0.25) is 5.02 Å². The Balaban J connectivity index is 1.86. The monoisotopic (exact) mass is 308 g/mol. The molecule has 1 N–H and O–H groups in total. The lowest BCUT2D eigenvalue weighted by molar-refractivity contribution is -0.123. The number of hydrazone groups is 1. The summed E-state index contributed by atoms with van der Waals surface area (Å²) in [6.45, 7) is 4.21. The molecule has 1 saturated carbocycles. The Hall–Kier alpha value is -1.55. The number of rotatable bonds is 4. The maximum atomic E-state index is 11.8. The Morgan fingerprint density at radius 1 is 1.33 bits per heavy atom. The van der Waals surface area contributed by atoms with Gasteiger partial charge in [0.25, 0.3) is 5.91 Å². The van der Waals surface area contributed by atoms with Gasteiger partial charge < -0.3 is 4.74 Å². The molecule has 114 valence electrons. The van der Waals surface area contributed by atoms with Crippen LogP contribution in [0.3, 0.4) is 0 Å². The fraction of sp³-hybridized carbons (Fsp3) is 0.500. The van der Waals surface area contributed by atoms with Crippen molar-refractivity contribution < 1.29 is 9.53 Å². The number of nitrogens with zero attached hydrogens (tertiary/aromatic N) is 1. The molecular weight excluding hydrogens is 288 g/mol. The number of carbonyl (C=O) groups is 1. The van der Waals surface area contributed by atoms with Crippen molar-refractivity contribution in [2.45, 2.75) is 33.1 Å². The molecule has 0 radical (unpaired) electrons. The number of ether oxygens (including phenoxy) is 1. The zero-order valence-corrected chi connectivity index (χ0v) is 13.2. The van der Waals surface area contributed by atoms with E-state index < -0.39 is 0 Å². The van der Waals surface area contributed by atoms with E-state index >= 15 is 0 Å². The highest BCUT2D eigenvalue weighted by Gasteiger charge is 2.23. The lowest BCUT2D eigenvalue weighted by Gasteiger charge is -2.26. The van der Waals surface area contributed by atoms with Gasteiger partial charge in [-0.1, -0.05) is 44.0 Å². The topological polar surface area (TPSA) is 50.7 Å². The molecule has 2 rings (SSSR count). The molecule has 21 heavy (non-hydrogen) atoms. The number of nitrogens with one attached hydrogen (secondary N) is 1. The Morgan fingerprint density at radius 2 is 2.00 bits per heavy atom. The summed E-state index contributed by atoms with van der Waals surface area (Å²) in [4.78, 5) is 11.8. The molecule has 4 nitrogen and oxygen atoms in total. The summed E-state index contributed by atoms with van der Waals surface area (Å²) in [5.74, 6) is 1.09. The standard InChI is InChI=1S/C16H21ClN2O2/c1-11-6-5-7-12(2)16(11)19-18-15(20)10-21-14-9-4-3-8-13(14)17/h3-4,8-9,11-12H,5-7,10H2,1-2H3,(H,18,20)/t11-,12-/m1/s1. The van der Waals surface area contributed by atoms with Gasteiger partial charge in [-0.25, -0.2) is 5.43 Å². The first-order valence-electron chi connectivity index (χ1n) is 7.31. The van der Waals surface area contributed by atoms with Crippen molar-refractivity contribution in [1.82, 2.24) is 5.43 Å². The molecular formula is C16H21ClN2O2. The van der Waals surface area contributed by atoms with E-state index in [9.17, 15) is 4.79 Å². The van der Waals surface area contributed by atoms with Gasteiger partial charge in [-0.2, -0.15) is 5.10 Å². The number of hydrogen-bond donors (Lipinski definition) is 1. The van der Waals surface area contributed by atoms with Crippen molar-refractivity contribution in [3.8, 4) is 5.75 Å². The van der Waals surface area contributed by atoms with Crippen molar-refractivity contribution >= 4 is 23.2 Å². The highest BCUT2D eigenvalue weighted by atomic mass is 35.5. The zero-order chi connectivity index (χ0) is 15.2. The second-order valence-electron chi connectivity index (χ2n) is 5.52. The van der Waals surface area contributed by atoms with Gasteiger partial charge in [0.05, 0.1) is 5.02 Å². The van der Waals surface area contributed by atoms with Gasteiger partial charge in [-0.05, 0) is 36.8 Å². The van der Waals surface area contributed by atoms with E-state index in [1.807, 2.05) is 12.1 Å². The van der Waals surface area contributed by atoms with E-state index in [0.717, 1.165) is 18.6 Å². The molecule has 0 aromatic heterocycles. The first kappa shape index (κ1) is 15.8. The van der Waals surface area contributed by atoms with E-state index in [-0.39, 0.29) is 12.5 Å². The Bertz CT molecular complexity index is 519. The molecule has 0 heterocycles. The minimum absolute atomic E-state index is 0.0940. The average Bonchev–Trinajstić information content (AvgIpc) is 2.46. The van der Waals surface area contributed by atoms with Crippen LogP contribution in [0.4, 0.5) is 0 Å². The zero-order valence-electron chi connectivity index (χ0n) is 12.4. The molecule has 1 aliphatic rings. The van der Waals surface area contributed by atoms with E-state index in [4.69, 9.17) is 16.3 Å². The molecule has 0 saturated heterocycles. The molecule has 1 aliphatic carbocycles. The Kier molecular flexibility index (Phi) is 5.62. The highest BCUT2D eigenvalue weighted by molar-refractivity contribution is 6.32. The molecule has 0 aliphatic heterocycles. The summed E-state index contributed by atoms with van der Waals surface area (Å²) in [6.07, 6.45) is 3.50. The second-order valence-corrected chi connectivity index (χ2v) is 5.93. The van der Waals surface area contributed by atoms with Crippen LogP contribution in [0.15, 0.2) is 29.4 Å². The average molecular weight is 309 g/mol. The number of carbonyl (C=O) groups excluding carboxylic acids is 1. The molecule has 1 aromatic carbocycles. The Labute approximate surface area is 130 Å². The number of amides is 1. The molecule has 1 fully saturated rings. The third-order valence-corrected chi connectivity index (χ3v) is 4.10. The van der Waals surface area contributed by atoms with Gasteiger partial charge in [-0.15, -0.1) is 0 Å². The van der Waals surface area contributed by atoms with Gasteiger partial charge in [0.2, 0.25) is 0 Å². The van der Waals surface area contributed by atoms with Crippen molar-refractivity contribution in [1.29, 1.82) is 0 Å². The third kappa shape index (κ3) is 4.46. The van der Waals surface area contributed by atoms with Gasteiger partial charge in [0.1, 0.15) is 5.75 Å². The quantitative estimate of drug-likeness (QED) is 0.863. The molecule has 2 atom stereocenters. The van der Waals surface area contributed by atoms with Crippen LogP contribution in [0.1, 0.15) is 33.1 Å². The minimum Gasteiger partial charge on any atom is -0.482 e. The normalized spacial score (nSPS) is 21.8. The van der Waals surface area contributed by atoms with Crippen molar-refractivity contribution in [3.63, 3.8) is 0 Å². The van der Waals surface area contributed by atoms with Gasteiger partial charge in [0, 0.05) is 5.71 Å². The van der Waals surface area contributed by atoms with Crippen molar-refractivity contribution in [3.05, 3.63) is 29.3 Å². The van der Waals surface area contributed by atoms with E-state index in [2.05, 4.69) is 24.4 Å². The summed E-state index contributed by atoms with van der Waals surface area (Å²) >= 11 is 5.96. The van der Waals surface area contributed by atoms with Crippen molar-refractivity contribution in [2.75, 3.05) is 6.61 Å². The molecule has 0 unspecified atom stereocenters. The third-order valence-electron chi connectivity index (χ3n) is 3.79. The van der Waals surface area contributed by atoms with Gasteiger partial charge in [-0.3, -0.25) is 4.79 Å². The SMILES string of the molecule is C[C@@H]1CCC[C@@H](C)C1=NNC(=O)COc1ccccc1Cl. The maximum Gasteiger partial charge on any atom is 0.277 e. The second kappa shape index (κ2) is 7.46. The summed E-state index contributed by atoms with van der Waals surface area (Å²) in [5.41, 5.74) is 3.66. The highest BCUT2D eigenvalue weighted by Crippen LogP contribution is 2.26. The smallest absolute Gasteiger partial charge is 0.277 e. The van der Waals surface area contributed by atoms with Crippen LogP contribution in [0.5, 0.6) is 5.75 Å². The summed E-state index contributed by atoms with van der Waals surface area (Å²) < 4.78 is 5.38. The fourth-order valence-corrected chi connectivity index (χ4v) is 2.79. The molecule has 1 amide bonds. The molecule has 1 aromatic rings. The minimum atomic E-state index is -0.271. The van der Waals surface area contributed by atoms with Gasteiger partial charge in [0.15, 0.2) is 6.61 Å². The lowest BCUT2D eigenvalue weighted by Crippen LogP contribution is -2.31. The van der Waals surface area contributed by atoms with Crippen LogP contribution < -0.4 is 10.2 Å². The predicted molar refractivity (Wildman–Crippen MR) is 84.7 cm³/mol. The summed E-state index contributed by atoms with van der Waals surface area (Å²) in [5, 5.41) is 4.78. The Morgan fingerprint density at radius 3 is 2.67 bits per heavy atom. The van der Waals surface area contributed by atoms with E-state index in [0.29, 0.717) is 22.6 Å². The van der Waals surface area contributed by atoms with Crippen molar-refractivity contribution in [2.24, 2.45) is 16.9 Å². The molecule has 0 spiro atoms. The molecule has 5 heteroatoms. The summed E-state index contributed by atoms with van der Waals surface area (Å²) in [7, 11) is 0. The number of halogens is 1. The summed E-state index contributed by atoms with van der Waals surface area (Å²) in [6, 6.07) is 7.07. The van der Waals surface area contributed by atoms with E-state index in [1.165, 1.54) is 6.42 Å². The first-order chi connectivity index (χ1) is 10.1. The number of hydrogen-bond acceptors (Lipinski definition) is 3. The van der Waals surface area contributed by atoms with Crippen LogP contribution in [0, 0.1) is 11.8 Å². The predicted octanol–water partition coefficient (Wildman–Crippen LogP) is 3.65. The van der Waals surface area contributed by atoms with E-state index in [1.54, 1.807) is 12.1 Å². The number of para-hydroxylation sites is 1. The fourth-order valence-electron chi connectivity index (χ4n) is 2.60. The number of benzene rings is 1. The van der Waals surface area contributed by atoms with Gasteiger partial charge >= 0.3 is 0 Å². The van der Waals surface area contributed by atoms with Crippen LogP contribution in [0.25, 0.3) is 0 Å². The van der Waals surface area contributed by atoms with Crippen LogP contribution >= 0.6 is 11.6 Å². The first-order valence-corrected chi connectivity index (χ1v) is 7.69.